The zero-order valence-corrected chi connectivity index (χ0v) is 15.1. The van der Waals surface area contributed by atoms with Crippen LogP contribution >= 0.6 is 0 Å². The van der Waals surface area contributed by atoms with Crippen molar-refractivity contribution in [3.63, 3.8) is 0 Å². The molecule has 0 aromatic heterocycles. The molecule has 0 bridgehead atoms. The summed E-state index contributed by atoms with van der Waals surface area (Å²) >= 11 is 0. The number of benzene rings is 1. The number of nitrogens with one attached hydrogen (secondary N) is 1. The number of carboxylic acid groups (broad SMARTS) is 1. The Morgan fingerprint density at radius 3 is 2.22 bits per heavy atom. The number of hydrogen-bond acceptors (Lipinski definition) is 4. The summed E-state index contributed by atoms with van der Waals surface area (Å²) in [5.41, 5.74) is 0.114. The van der Waals surface area contributed by atoms with Crippen LogP contribution in [-0.2, 0) is 9.59 Å². The zero-order chi connectivity index (χ0) is 19.4. The fraction of sp³-hybridized carbons (Fsp3) is 0.500. The molecule has 0 unspecified atom stereocenters. The van der Waals surface area contributed by atoms with E-state index in [9.17, 15) is 19.6 Å². The van der Waals surface area contributed by atoms with E-state index in [1.165, 1.54) is 0 Å². The van der Waals surface area contributed by atoms with Gasteiger partial charge >= 0.3 is 5.97 Å². The Labute approximate surface area is 158 Å². The number of rotatable bonds is 4. The molecule has 2 N–H and O–H groups in total. The van der Waals surface area contributed by atoms with Gasteiger partial charge in [0.15, 0.2) is 0 Å². The van der Waals surface area contributed by atoms with Gasteiger partial charge in [-0.15, -0.1) is 0 Å². The average Bonchev–Trinajstić information content (AvgIpc) is 3.18. The highest BCUT2D eigenvalue weighted by Crippen LogP contribution is 2.38. The predicted octanol–water partition coefficient (Wildman–Crippen LogP) is 2.65. The summed E-state index contributed by atoms with van der Waals surface area (Å²) in [5, 5.41) is 21.2. The van der Waals surface area contributed by atoms with Gasteiger partial charge in [0.05, 0.1) is 12.0 Å². The van der Waals surface area contributed by atoms with Gasteiger partial charge < -0.3 is 15.3 Å². The fourth-order valence-corrected chi connectivity index (χ4v) is 3.83. The molecule has 0 spiro atoms. The summed E-state index contributed by atoms with van der Waals surface area (Å²) < 4.78 is 0. The van der Waals surface area contributed by atoms with Crippen LogP contribution in [0.2, 0.25) is 0 Å². The minimum atomic E-state index is -0.941. The van der Waals surface area contributed by atoms with Crippen LogP contribution in [0.1, 0.15) is 48.9 Å². The van der Waals surface area contributed by atoms with Crippen LogP contribution in [-0.4, -0.2) is 40.9 Å². The zero-order valence-electron chi connectivity index (χ0n) is 15.1. The van der Waals surface area contributed by atoms with Crippen molar-refractivity contribution in [1.29, 1.82) is 5.26 Å². The lowest BCUT2D eigenvalue weighted by atomic mass is 9.87. The van der Waals surface area contributed by atoms with Crippen molar-refractivity contribution in [3.8, 4) is 6.07 Å². The number of nitriles is 1. The Morgan fingerprint density at radius 2 is 1.70 bits per heavy atom. The standard InChI is InChI=1S/C20H23N3O4/c21-13-20(9-1-2-10-20)19(27)22-16-5-3-14(4-6-16)17(24)23-11-7-15(8-12-23)18(25)26/h3-6,15H,1-2,7-12H2,(H,22,27)(H,25,26). The molecular weight excluding hydrogens is 346 g/mol. The molecule has 1 aromatic rings. The van der Waals surface area contributed by atoms with Gasteiger partial charge in [-0.2, -0.15) is 5.26 Å². The van der Waals surface area contributed by atoms with E-state index in [4.69, 9.17) is 5.11 Å². The van der Waals surface area contributed by atoms with E-state index in [1.54, 1.807) is 29.2 Å². The first-order chi connectivity index (χ1) is 12.9. The first-order valence-corrected chi connectivity index (χ1v) is 9.30. The Hall–Kier alpha value is -2.88. The summed E-state index contributed by atoms with van der Waals surface area (Å²) in [6.07, 6.45) is 3.85. The number of anilines is 1. The van der Waals surface area contributed by atoms with Crippen LogP contribution in [0.5, 0.6) is 0 Å². The maximum Gasteiger partial charge on any atom is 0.306 e. The molecule has 3 rings (SSSR count). The molecule has 1 aliphatic carbocycles. The van der Waals surface area contributed by atoms with E-state index in [1.807, 2.05) is 0 Å². The topological polar surface area (TPSA) is 111 Å². The normalized spacial score (nSPS) is 19.3. The first kappa shape index (κ1) is 18.9. The molecule has 7 nitrogen and oxygen atoms in total. The molecule has 0 radical (unpaired) electrons. The summed E-state index contributed by atoms with van der Waals surface area (Å²) in [7, 11) is 0. The van der Waals surface area contributed by atoms with Gasteiger partial charge in [-0.3, -0.25) is 14.4 Å². The van der Waals surface area contributed by atoms with E-state index < -0.39 is 11.4 Å². The number of hydrogen-bond donors (Lipinski definition) is 2. The molecule has 142 valence electrons. The van der Waals surface area contributed by atoms with Crippen molar-refractivity contribution in [2.45, 2.75) is 38.5 Å². The SMILES string of the molecule is N#CC1(C(=O)Nc2ccc(C(=O)N3CCC(C(=O)O)CC3)cc2)CCCC1. The number of amides is 2. The van der Waals surface area contributed by atoms with Gasteiger partial charge in [-0.05, 0) is 49.9 Å². The van der Waals surface area contributed by atoms with E-state index in [-0.39, 0.29) is 17.7 Å². The van der Waals surface area contributed by atoms with Gasteiger partial charge in [0.1, 0.15) is 5.41 Å². The summed E-state index contributed by atoms with van der Waals surface area (Å²) in [6.45, 7) is 0.859. The second-order valence-corrected chi connectivity index (χ2v) is 7.34. The molecule has 2 fully saturated rings. The predicted molar refractivity (Wildman–Crippen MR) is 97.8 cm³/mol. The number of likely N-dealkylation sites (tertiary alicyclic amines) is 1. The number of carbonyl (C=O) groups is 3. The smallest absolute Gasteiger partial charge is 0.306 e. The van der Waals surface area contributed by atoms with Crippen LogP contribution in [0, 0.1) is 22.7 Å². The lowest BCUT2D eigenvalue weighted by Gasteiger charge is -2.30. The first-order valence-electron chi connectivity index (χ1n) is 9.30. The Balaban J connectivity index is 1.60. The number of nitrogens with zero attached hydrogens (tertiary/aromatic N) is 2. The highest BCUT2D eigenvalue weighted by molar-refractivity contribution is 5.98. The molecule has 1 saturated carbocycles. The minimum Gasteiger partial charge on any atom is -0.481 e. The maximum atomic E-state index is 12.6. The third-order valence-electron chi connectivity index (χ3n) is 5.63. The van der Waals surface area contributed by atoms with E-state index >= 15 is 0 Å². The molecule has 27 heavy (non-hydrogen) atoms. The summed E-state index contributed by atoms with van der Waals surface area (Å²) in [6, 6.07) is 8.79. The second kappa shape index (κ2) is 7.78. The highest BCUT2D eigenvalue weighted by Gasteiger charge is 2.41. The molecule has 0 atom stereocenters. The number of carboxylic acids is 1. The lowest BCUT2D eigenvalue weighted by Crippen LogP contribution is -2.40. The second-order valence-electron chi connectivity index (χ2n) is 7.34. The minimum absolute atomic E-state index is 0.138. The lowest BCUT2D eigenvalue weighted by molar-refractivity contribution is -0.143. The number of piperidine rings is 1. The van der Waals surface area contributed by atoms with E-state index in [0.717, 1.165) is 12.8 Å². The average molecular weight is 369 g/mol. The van der Waals surface area contributed by atoms with Gasteiger partial charge in [0, 0.05) is 24.3 Å². The van der Waals surface area contributed by atoms with Gasteiger partial charge in [0.2, 0.25) is 5.91 Å². The van der Waals surface area contributed by atoms with Crippen LogP contribution in [0.4, 0.5) is 5.69 Å². The number of aliphatic carboxylic acids is 1. The molecule has 1 aromatic carbocycles. The fourth-order valence-electron chi connectivity index (χ4n) is 3.83. The summed E-state index contributed by atoms with van der Waals surface area (Å²) in [4.78, 5) is 37.7. The molecule has 2 aliphatic rings. The van der Waals surface area contributed by atoms with Crippen molar-refractivity contribution in [2.75, 3.05) is 18.4 Å². The molecule has 7 heteroatoms. The van der Waals surface area contributed by atoms with Crippen molar-refractivity contribution in [2.24, 2.45) is 11.3 Å². The molecular formula is C20H23N3O4. The quantitative estimate of drug-likeness (QED) is 0.848. The van der Waals surface area contributed by atoms with Crippen LogP contribution in [0.25, 0.3) is 0 Å². The Morgan fingerprint density at radius 1 is 1.11 bits per heavy atom. The molecule has 1 saturated heterocycles. The van der Waals surface area contributed by atoms with E-state index in [0.29, 0.717) is 50.0 Å². The van der Waals surface area contributed by atoms with Gasteiger partial charge in [0.25, 0.3) is 5.91 Å². The third kappa shape index (κ3) is 3.95. The monoisotopic (exact) mass is 369 g/mol. The van der Waals surface area contributed by atoms with Crippen molar-refractivity contribution >= 4 is 23.5 Å². The van der Waals surface area contributed by atoms with Crippen molar-refractivity contribution in [1.82, 2.24) is 4.90 Å². The summed E-state index contributed by atoms with van der Waals surface area (Å²) in [5.74, 6) is -1.60. The Kier molecular flexibility index (Phi) is 5.45. The maximum absolute atomic E-state index is 12.6. The van der Waals surface area contributed by atoms with E-state index in [2.05, 4.69) is 11.4 Å². The van der Waals surface area contributed by atoms with Gasteiger partial charge in [-0.1, -0.05) is 12.8 Å². The highest BCUT2D eigenvalue weighted by atomic mass is 16.4. The largest absolute Gasteiger partial charge is 0.481 e. The Bertz CT molecular complexity index is 767. The molecule has 1 aliphatic heterocycles. The van der Waals surface area contributed by atoms with Crippen LogP contribution < -0.4 is 5.32 Å². The molecule has 2 amide bonds. The van der Waals surface area contributed by atoms with Crippen LogP contribution in [0.15, 0.2) is 24.3 Å². The molecule has 1 heterocycles. The van der Waals surface area contributed by atoms with Crippen molar-refractivity contribution in [3.05, 3.63) is 29.8 Å². The number of carbonyl (C=O) groups excluding carboxylic acids is 2. The van der Waals surface area contributed by atoms with Crippen molar-refractivity contribution < 1.29 is 19.5 Å². The van der Waals surface area contributed by atoms with Crippen LogP contribution in [0.3, 0.4) is 0 Å². The van der Waals surface area contributed by atoms with Gasteiger partial charge in [-0.25, -0.2) is 0 Å². The third-order valence-corrected chi connectivity index (χ3v) is 5.63.